The summed E-state index contributed by atoms with van der Waals surface area (Å²) >= 11 is 0. The zero-order valence-electron chi connectivity index (χ0n) is 23.8. The maximum atomic E-state index is 13.2. The van der Waals surface area contributed by atoms with E-state index in [0.717, 1.165) is 19.4 Å². The minimum atomic E-state index is -1.96. The first-order valence-electron chi connectivity index (χ1n) is 13.9. The minimum absolute atomic E-state index is 0.0331. The van der Waals surface area contributed by atoms with Crippen LogP contribution in [0.5, 0.6) is 11.5 Å². The maximum Gasteiger partial charge on any atom is 0.348 e. The number of carboxylic acids is 1. The zero-order chi connectivity index (χ0) is 31.4. The largest absolute Gasteiger partial charge is 0.504 e. The molecule has 0 amide bonds. The Balaban J connectivity index is 1.40. The third kappa shape index (κ3) is 4.92. The Morgan fingerprint density at radius 1 is 1.14 bits per heavy atom. The van der Waals surface area contributed by atoms with Crippen molar-refractivity contribution in [1.82, 2.24) is 4.90 Å². The Hall–Kier alpha value is -4.01. The molecule has 0 radical (unpaired) electrons. The van der Waals surface area contributed by atoms with Crippen molar-refractivity contribution < 1.29 is 63.3 Å². The fourth-order valence-corrected chi connectivity index (χ4v) is 6.74. The topological polar surface area (TPSA) is 206 Å². The number of hydrogen-bond donors (Lipinski definition) is 4. The SMILES string of the molecule is CC(=O)[C@@H](O)CC(=O)O[C@@H](CC(=O)OC1=CC[C@@]2(O)[C@H]3Cc4ccc(O)c5c4[C@@]2(CCN3C)[C@H]1O5)C(=O)O[C@@H](C)C(=O)O. The van der Waals surface area contributed by atoms with E-state index in [1.165, 1.54) is 12.1 Å². The third-order valence-electron chi connectivity index (χ3n) is 8.94. The first-order valence-corrected chi connectivity index (χ1v) is 13.9. The number of carbonyl (C=O) groups excluding carboxylic acids is 4. The van der Waals surface area contributed by atoms with Crippen LogP contribution in [0.3, 0.4) is 0 Å². The molecule has 14 nitrogen and oxygen atoms in total. The van der Waals surface area contributed by atoms with Gasteiger partial charge in [0.25, 0.3) is 0 Å². The number of benzene rings is 1. The van der Waals surface area contributed by atoms with Crippen molar-refractivity contribution in [2.45, 2.75) is 87.4 Å². The van der Waals surface area contributed by atoms with Gasteiger partial charge in [0.15, 0.2) is 29.5 Å². The molecule has 4 N–H and O–H groups in total. The van der Waals surface area contributed by atoms with Crippen LogP contribution in [0, 0.1) is 0 Å². The molecule has 5 rings (SSSR count). The number of aliphatic carboxylic acids is 1. The molecule has 0 saturated carbocycles. The number of aromatic hydroxyl groups is 1. The predicted octanol–water partition coefficient (Wildman–Crippen LogP) is -0.129. The number of Topliss-reactive ketones (excluding diaryl/α,β-unsaturated/α-hetero) is 1. The fraction of sp³-hybridized carbons (Fsp3) is 0.552. The van der Waals surface area contributed by atoms with Crippen LogP contribution in [0.4, 0.5) is 0 Å². The summed E-state index contributed by atoms with van der Waals surface area (Å²) in [5.41, 5.74) is -0.771. The molecule has 2 aliphatic carbocycles. The first kappa shape index (κ1) is 30.4. The summed E-state index contributed by atoms with van der Waals surface area (Å²) in [6.07, 6.45) is -5.45. The highest BCUT2D eigenvalue weighted by Gasteiger charge is 2.72. The van der Waals surface area contributed by atoms with Crippen molar-refractivity contribution >= 4 is 29.7 Å². The Morgan fingerprint density at radius 2 is 1.86 bits per heavy atom. The van der Waals surface area contributed by atoms with Crippen molar-refractivity contribution in [3.63, 3.8) is 0 Å². The average Bonchev–Trinajstić information content (AvgIpc) is 3.29. The molecule has 1 fully saturated rings. The smallest absolute Gasteiger partial charge is 0.348 e. The zero-order valence-corrected chi connectivity index (χ0v) is 23.8. The van der Waals surface area contributed by atoms with E-state index in [4.69, 9.17) is 24.1 Å². The second kappa shape index (κ2) is 10.9. The Kier molecular flexibility index (Phi) is 7.73. The van der Waals surface area contributed by atoms with Crippen molar-refractivity contribution in [3.8, 4) is 11.5 Å². The number of nitrogens with zero attached hydrogens (tertiary/aromatic N) is 1. The fourth-order valence-electron chi connectivity index (χ4n) is 6.74. The van der Waals surface area contributed by atoms with Gasteiger partial charge in [-0.25, -0.2) is 9.59 Å². The molecule has 1 aromatic carbocycles. The van der Waals surface area contributed by atoms with Gasteiger partial charge in [-0.3, -0.25) is 14.4 Å². The molecular weight excluding hydrogens is 570 g/mol. The van der Waals surface area contributed by atoms with Crippen LogP contribution in [0.15, 0.2) is 24.0 Å². The third-order valence-corrected chi connectivity index (χ3v) is 8.94. The number of hydrogen-bond acceptors (Lipinski definition) is 13. The highest BCUT2D eigenvalue weighted by Crippen LogP contribution is 2.65. The lowest BCUT2D eigenvalue weighted by molar-refractivity contribution is -0.180. The van der Waals surface area contributed by atoms with Gasteiger partial charge in [-0.05, 0) is 58.0 Å². The highest BCUT2D eigenvalue weighted by atomic mass is 16.6. The molecule has 0 unspecified atom stereocenters. The second-order valence-corrected chi connectivity index (χ2v) is 11.5. The van der Waals surface area contributed by atoms with Crippen molar-refractivity contribution in [1.29, 1.82) is 0 Å². The number of esters is 3. The Labute approximate surface area is 245 Å². The van der Waals surface area contributed by atoms with Gasteiger partial charge < -0.3 is 44.3 Å². The quantitative estimate of drug-likeness (QED) is 0.203. The van der Waals surface area contributed by atoms with E-state index in [9.17, 15) is 39.3 Å². The number of rotatable bonds is 10. The van der Waals surface area contributed by atoms with Crippen LogP contribution in [-0.2, 0) is 50.0 Å². The standard InChI is InChI=1S/C29H33NO13/c1-13(31)17(33)11-21(34)42-19(27(38)40-14(2)26(36)37)12-22(35)41-18-6-7-29(39)20-10-15-4-5-16(32)24-23(15)28(29,25(18)43-24)8-9-30(20)3/h4-6,14,17,19-20,25,32-33,39H,7-12H2,1-3H3,(H,36,37)/t14-,17-,19-,20+,25-,28-,29+/m0/s1. The number of aliphatic hydroxyl groups is 2. The molecule has 7 atom stereocenters. The van der Waals surface area contributed by atoms with Gasteiger partial charge in [0.05, 0.1) is 23.9 Å². The number of ketones is 1. The first-order chi connectivity index (χ1) is 20.2. The second-order valence-electron chi connectivity index (χ2n) is 11.5. The monoisotopic (exact) mass is 603 g/mol. The van der Waals surface area contributed by atoms with E-state index < -0.39 is 77.9 Å². The van der Waals surface area contributed by atoms with Crippen LogP contribution in [0.1, 0.15) is 50.7 Å². The van der Waals surface area contributed by atoms with Gasteiger partial charge in [-0.15, -0.1) is 0 Å². The summed E-state index contributed by atoms with van der Waals surface area (Å²) in [4.78, 5) is 62.8. The minimum Gasteiger partial charge on any atom is -0.504 e. The molecule has 4 aliphatic rings. The van der Waals surface area contributed by atoms with Gasteiger partial charge >= 0.3 is 23.9 Å². The molecular formula is C29H33NO13. The molecule has 1 saturated heterocycles. The van der Waals surface area contributed by atoms with E-state index in [-0.39, 0.29) is 29.7 Å². The van der Waals surface area contributed by atoms with Crippen LogP contribution >= 0.6 is 0 Å². The number of carbonyl (C=O) groups is 5. The number of ether oxygens (including phenoxy) is 4. The average molecular weight is 604 g/mol. The summed E-state index contributed by atoms with van der Waals surface area (Å²) in [7, 11) is 1.92. The lowest BCUT2D eigenvalue weighted by atomic mass is 9.50. The Morgan fingerprint density at radius 3 is 2.53 bits per heavy atom. The molecule has 2 heterocycles. The summed E-state index contributed by atoms with van der Waals surface area (Å²) in [6, 6.07) is 3.04. The molecule has 1 aromatic rings. The number of phenols is 1. The molecule has 232 valence electrons. The highest BCUT2D eigenvalue weighted by molar-refractivity contribution is 5.88. The van der Waals surface area contributed by atoms with Crippen LogP contribution in [0.2, 0.25) is 0 Å². The number of likely N-dealkylation sites (tertiary alicyclic amines) is 1. The Bertz CT molecular complexity index is 1420. The van der Waals surface area contributed by atoms with Crippen LogP contribution < -0.4 is 4.74 Å². The number of likely N-dealkylation sites (N-methyl/N-ethyl adjacent to an activating group) is 1. The van der Waals surface area contributed by atoms with E-state index in [0.29, 0.717) is 24.9 Å². The van der Waals surface area contributed by atoms with E-state index in [1.807, 2.05) is 7.05 Å². The lowest BCUT2D eigenvalue weighted by Gasteiger charge is -2.61. The van der Waals surface area contributed by atoms with Crippen molar-refractivity contribution in [3.05, 3.63) is 35.1 Å². The maximum absolute atomic E-state index is 13.2. The molecule has 14 heteroatoms. The number of aliphatic hydroxyl groups excluding tert-OH is 1. The van der Waals surface area contributed by atoms with Crippen molar-refractivity contribution in [2.75, 3.05) is 13.6 Å². The normalized spacial score (nSPS) is 28.7. The number of phenolic OH excluding ortho intramolecular Hbond substituents is 1. The van der Waals surface area contributed by atoms with Gasteiger partial charge in [0.1, 0.15) is 11.9 Å². The van der Waals surface area contributed by atoms with Gasteiger partial charge in [0.2, 0.25) is 6.10 Å². The predicted molar refractivity (Wildman–Crippen MR) is 142 cm³/mol. The van der Waals surface area contributed by atoms with E-state index in [1.54, 1.807) is 6.07 Å². The summed E-state index contributed by atoms with van der Waals surface area (Å²) in [5, 5.41) is 41.6. The number of piperidine rings is 1. The van der Waals surface area contributed by atoms with E-state index in [2.05, 4.69) is 4.90 Å². The molecule has 2 aliphatic heterocycles. The van der Waals surface area contributed by atoms with E-state index >= 15 is 0 Å². The molecule has 2 bridgehead atoms. The molecule has 1 spiro atoms. The summed E-state index contributed by atoms with van der Waals surface area (Å²) < 4.78 is 21.7. The van der Waals surface area contributed by atoms with Crippen LogP contribution in [0.25, 0.3) is 0 Å². The summed E-state index contributed by atoms with van der Waals surface area (Å²) in [5.74, 6) is -5.74. The van der Waals surface area contributed by atoms with Gasteiger partial charge in [-0.2, -0.15) is 0 Å². The van der Waals surface area contributed by atoms with Gasteiger partial charge in [0, 0.05) is 18.0 Å². The van der Waals surface area contributed by atoms with Crippen molar-refractivity contribution in [2.24, 2.45) is 0 Å². The van der Waals surface area contributed by atoms with Crippen LogP contribution in [-0.4, -0.2) is 105 Å². The van der Waals surface area contributed by atoms with Gasteiger partial charge in [-0.1, -0.05) is 6.07 Å². The number of carboxylic acid groups (broad SMARTS) is 1. The molecule has 0 aromatic heterocycles. The molecule has 43 heavy (non-hydrogen) atoms. The summed E-state index contributed by atoms with van der Waals surface area (Å²) in [6.45, 7) is 2.70. The lowest BCUT2D eigenvalue weighted by Crippen LogP contribution is -2.74.